The summed E-state index contributed by atoms with van der Waals surface area (Å²) in [7, 11) is -1.11. The minimum atomic E-state index is -1.11. The van der Waals surface area contributed by atoms with Crippen molar-refractivity contribution >= 4 is 25.2 Å². The lowest BCUT2D eigenvalue weighted by Gasteiger charge is -2.16. The summed E-state index contributed by atoms with van der Waals surface area (Å²) in [6.45, 7) is 12.2. The third-order valence-electron chi connectivity index (χ3n) is 3.60. The lowest BCUT2D eigenvalue weighted by Crippen LogP contribution is -2.22. The van der Waals surface area contributed by atoms with E-state index in [1.165, 1.54) is 5.57 Å². The van der Waals surface area contributed by atoms with Crippen molar-refractivity contribution in [2.75, 3.05) is 6.61 Å². The molecule has 6 heteroatoms. The lowest BCUT2D eigenvalue weighted by molar-refractivity contribution is 0.0853. The van der Waals surface area contributed by atoms with E-state index in [2.05, 4.69) is 29.6 Å². The number of aromatic nitrogens is 3. The van der Waals surface area contributed by atoms with Crippen LogP contribution in [0.3, 0.4) is 0 Å². The third kappa shape index (κ3) is 4.73. The van der Waals surface area contributed by atoms with E-state index in [0.717, 1.165) is 35.1 Å². The summed E-state index contributed by atoms with van der Waals surface area (Å²) in [6, 6.07) is 3.03. The highest BCUT2D eigenvalue weighted by molar-refractivity contribution is 6.76. The summed E-state index contributed by atoms with van der Waals surface area (Å²) in [4.78, 5) is 8.71. The van der Waals surface area contributed by atoms with Crippen LogP contribution in [0, 0.1) is 0 Å². The van der Waals surface area contributed by atoms with Crippen LogP contribution in [0.1, 0.15) is 25.2 Å². The van der Waals surface area contributed by atoms with Gasteiger partial charge in [0, 0.05) is 20.4 Å². The van der Waals surface area contributed by atoms with E-state index in [9.17, 15) is 5.11 Å². The minimum absolute atomic E-state index is 0.0397. The lowest BCUT2D eigenvalue weighted by atomic mass is 10.2. The minimum Gasteiger partial charge on any atom is -0.390 e. The van der Waals surface area contributed by atoms with Crippen molar-refractivity contribution in [3.63, 3.8) is 0 Å². The summed E-state index contributed by atoms with van der Waals surface area (Å²) in [5.74, 6) is 0. The van der Waals surface area contributed by atoms with Crippen LogP contribution >= 0.6 is 0 Å². The Bertz CT molecular complexity index is 698. The highest BCUT2D eigenvalue weighted by atomic mass is 28.3. The van der Waals surface area contributed by atoms with E-state index in [1.54, 1.807) is 6.33 Å². The molecule has 1 N–H and O–H groups in total. The second-order valence-electron chi connectivity index (χ2n) is 7.28. The molecule has 23 heavy (non-hydrogen) atoms. The Labute approximate surface area is 139 Å². The number of nitrogens with zero attached hydrogens (tertiary/aromatic N) is 3. The summed E-state index contributed by atoms with van der Waals surface area (Å²) in [5.41, 5.74) is 4.60. The second kappa shape index (κ2) is 7.38. The van der Waals surface area contributed by atoms with Gasteiger partial charge in [0.15, 0.2) is 0 Å². The number of aliphatic hydroxyl groups is 1. The van der Waals surface area contributed by atoms with Gasteiger partial charge in [-0.1, -0.05) is 25.2 Å². The first-order valence-corrected chi connectivity index (χ1v) is 11.7. The quantitative estimate of drug-likeness (QED) is 0.620. The first-order valence-electron chi connectivity index (χ1n) is 7.98. The molecule has 0 aliphatic carbocycles. The standard InChI is InChI=1S/C17H27N3O2Si/c1-13(2)8-15-17-16(19-11-18-15)9-14(10-21)20(17)12-22-6-7-23(3,4)5/h8-9,11,21H,6-7,10,12H2,1-5H3. The highest BCUT2D eigenvalue weighted by Gasteiger charge is 2.15. The Morgan fingerprint density at radius 1 is 1.30 bits per heavy atom. The van der Waals surface area contributed by atoms with Gasteiger partial charge in [0.2, 0.25) is 0 Å². The molecule has 2 heterocycles. The molecule has 0 radical (unpaired) electrons. The molecule has 0 saturated carbocycles. The van der Waals surface area contributed by atoms with Crippen molar-refractivity contribution in [3.8, 4) is 0 Å². The molecule has 0 saturated heterocycles. The average molecular weight is 334 g/mol. The first kappa shape index (κ1) is 17.8. The van der Waals surface area contributed by atoms with Crippen LogP contribution in [0.4, 0.5) is 0 Å². The van der Waals surface area contributed by atoms with Crippen molar-refractivity contribution in [3.05, 3.63) is 29.4 Å². The van der Waals surface area contributed by atoms with Crippen molar-refractivity contribution in [2.24, 2.45) is 0 Å². The number of hydrogen-bond acceptors (Lipinski definition) is 4. The number of rotatable bonds is 7. The van der Waals surface area contributed by atoms with Gasteiger partial charge in [-0.2, -0.15) is 0 Å². The zero-order valence-corrected chi connectivity index (χ0v) is 15.8. The van der Waals surface area contributed by atoms with Crippen LogP contribution in [-0.2, 0) is 18.1 Å². The van der Waals surface area contributed by atoms with Gasteiger partial charge < -0.3 is 14.4 Å². The van der Waals surface area contributed by atoms with Crippen LogP contribution < -0.4 is 0 Å². The Kier molecular flexibility index (Phi) is 5.72. The Morgan fingerprint density at radius 3 is 2.65 bits per heavy atom. The highest BCUT2D eigenvalue weighted by Crippen LogP contribution is 2.22. The van der Waals surface area contributed by atoms with E-state index in [1.807, 2.05) is 30.6 Å². The van der Waals surface area contributed by atoms with Gasteiger partial charge in [-0.3, -0.25) is 0 Å². The molecular weight excluding hydrogens is 306 g/mol. The maximum atomic E-state index is 9.64. The molecule has 0 aromatic carbocycles. The van der Waals surface area contributed by atoms with Gasteiger partial charge in [0.1, 0.15) is 13.1 Å². The molecule has 0 aliphatic rings. The zero-order chi connectivity index (χ0) is 17.0. The maximum absolute atomic E-state index is 9.64. The fourth-order valence-corrected chi connectivity index (χ4v) is 3.12. The Balaban J connectivity index is 2.31. The number of ether oxygens (including phenoxy) is 1. The Hall–Kier alpha value is -1.50. The van der Waals surface area contributed by atoms with E-state index < -0.39 is 8.07 Å². The van der Waals surface area contributed by atoms with E-state index >= 15 is 0 Å². The van der Waals surface area contributed by atoms with E-state index in [4.69, 9.17) is 4.74 Å². The average Bonchev–Trinajstić information content (AvgIpc) is 2.81. The number of hydrogen-bond donors (Lipinski definition) is 1. The largest absolute Gasteiger partial charge is 0.390 e. The van der Waals surface area contributed by atoms with E-state index in [0.29, 0.717) is 6.73 Å². The molecule has 2 rings (SSSR count). The summed E-state index contributed by atoms with van der Waals surface area (Å²) < 4.78 is 7.86. The molecule has 2 aromatic heterocycles. The predicted molar refractivity (Wildman–Crippen MR) is 96.9 cm³/mol. The molecular formula is C17H27N3O2Si. The van der Waals surface area contributed by atoms with Crippen molar-refractivity contribution in [2.45, 2.75) is 52.9 Å². The third-order valence-corrected chi connectivity index (χ3v) is 5.31. The smallest absolute Gasteiger partial charge is 0.123 e. The van der Waals surface area contributed by atoms with E-state index in [-0.39, 0.29) is 6.61 Å². The fraction of sp³-hybridized carbons (Fsp3) is 0.529. The summed E-state index contributed by atoms with van der Waals surface area (Å²) in [6.07, 6.45) is 3.60. The van der Waals surface area contributed by atoms with Gasteiger partial charge in [0.05, 0.1) is 23.3 Å². The molecule has 0 bridgehead atoms. The van der Waals surface area contributed by atoms with Crippen molar-refractivity contribution in [1.29, 1.82) is 0 Å². The van der Waals surface area contributed by atoms with Crippen LogP contribution in [0.15, 0.2) is 18.0 Å². The molecule has 2 aromatic rings. The normalized spacial score (nSPS) is 11.9. The van der Waals surface area contributed by atoms with Gasteiger partial charge in [0.25, 0.3) is 0 Å². The van der Waals surface area contributed by atoms with Crippen molar-refractivity contribution < 1.29 is 9.84 Å². The first-order chi connectivity index (χ1) is 10.8. The fourth-order valence-electron chi connectivity index (χ4n) is 2.36. The van der Waals surface area contributed by atoms with Crippen LogP contribution in [-0.4, -0.2) is 34.3 Å². The van der Waals surface area contributed by atoms with Crippen LogP contribution in [0.2, 0.25) is 25.7 Å². The number of aliphatic hydroxyl groups excluding tert-OH is 1. The summed E-state index contributed by atoms with van der Waals surface area (Å²) in [5, 5.41) is 9.64. The molecule has 0 spiro atoms. The molecule has 0 atom stereocenters. The van der Waals surface area contributed by atoms with Gasteiger partial charge >= 0.3 is 0 Å². The topological polar surface area (TPSA) is 60.2 Å². The summed E-state index contributed by atoms with van der Waals surface area (Å²) >= 11 is 0. The van der Waals surface area contributed by atoms with Crippen molar-refractivity contribution in [1.82, 2.24) is 14.5 Å². The Morgan fingerprint density at radius 2 is 2.04 bits per heavy atom. The molecule has 5 nitrogen and oxygen atoms in total. The molecule has 126 valence electrons. The maximum Gasteiger partial charge on any atom is 0.123 e. The monoisotopic (exact) mass is 333 g/mol. The van der Waals surface area contributed by atoms with Gasteiger partial charge in [-0.25, -0.2) is 9.97 Å². The molecule has 0 amide bonds. The van der Waals surface area contributed by atoms with Gasteiger partial charge in [-0.05, 0) is 32.0 Å². The second-order valence-corrected chi connectivity index (χ2v) is 12.9. The van der Waals surface area contributed by atoms with Crippen LogP contribution in [0.25, 0.3) is 17.1 Å². The predicted octanol–water partition coefficient (Wildman–Crippen LogP) is 3.66. The molecule has 0 aliphatic heterocycles. The number of allylic oxidation sites excluding steroid dienone is 1. The zero-order valence-electron chi connectivity index (χ0n) is 14.8. The van der Waals surface area contributed by atoms with Gasteiger partial charge in [-0.15, -0.1) is 0 Å². The molecule has 0 fully saturated rings. The SMILES string of the molecule is CC(C)=Cc1ncnc2cc(CO)n(COCC[Si](C)(C)C)c12. The molecule has 0 unspecified atom stereocenters. The van der Waals surface area contributed by atoms with Crippen LogP contribution in [0.5, 0.6) is 0 Å². The number of fused-ring (bicyclic) bond motifs is 1.